The monoisotopic (exact) mass is 349 g/mol. The number of benzene rings is 1. The molecule has 0 aliphatic rings. The highest BCUT2D eigenvalue weighted by Gasteiger charge is 2.30. The van der Waals surface area contributed by atoms with Gasteiger partial charge in [0.2, 0.25) is 0 Å². The third-order valence-electron chi connectivity index (χ3n) is 2.29. The van der Waals surface area contributed by atoms with Crippen LogP contribution in [0, 0.1) is 3.57 Å². The summed E-state index contributed by atoms with van der Waals surface area (Å²) in [5, 5.41) is 0. The van der Waals surface area contributed by atoms with Crippen LogP contribution in [-0.4, -0.2) is 4.98 Å². The fourth-order valence-corrected chi connectivity index (χ4v) is 2.10. The molecule has 0 amide bonds. The molecule has 0 fully saturated rings. The molecule has 1 aromatic carbocycles. The Balaban J connectivity index is 2.55. The summed E-state index contributed by atoms with van der Waals surface area (Å²) in [6.07, 6.45) is -1.19. The summed E-state index contributed by atoms with van der Waals surface area (Å²) in [7, 11) is 0. The lowest BCUT2D eigenvalue weighted by atomic mass is 10.0. The summed E-state index contributed by atoms with van der Waals surface area (Å²) in [5.41, 5.74) is 0.669. The molecule has 0 saturated carbocycles. The molecule has 0 bridgehead atoms. The van der Waals surface area contributed by atoms with Gasteiger partial charge >= 0.3 is 6.18 Å². The zero-order valence-electron chi connectivity index (χ0n) is 8.50. The quantitative estimate of drug-likeness (QED) is 0.697. The van der Waals surface area contributed by atoms with Crippen molar-refractivity contribution < 1.29 is 13.2 Å². The Hall–Kier alpha value is -1.11. The van der Waals surface area contributed by atoms with Crippen molar-refractivity contribution in [3.05, 3.63) is 51.9 Å². The number of alkyl halides is 3. The van der Waals surface area contributed by atoms with E-state index in [4.69, 9.17) is 0 Å². The highest BCUT2D eigenvalue weighted by Crippen LogP contribution is 2.34. The Morgan fingerprint density at radius 1 is 1.00 bits per heavy atom. The first-order valence-electron chi connectivity index (χ1n) is 4.75. The Bertz CT molecular complexity index is 523. The molecule has 17 heavy (non-hydrogen) atoms. The van der Waals surface area contributed by atoms with E-state index in [0.29, 0.717) is 5.56 Å². The molecule has 1 aromatic heterocycles. The van der Waals surface area contributed by atoms with Gasteiger partial charge in [0.05, 0.1) is 5.56 Å². The fourth-order valence-electron chi connectivity index (χ4n) is 1.45. The van der Waals surface area contributed by atoms with E-state index in [9.17, 15) is 13.2 Å². The predicted octanol–water partition coefficient (Wildman–Crippen LogP) is 4.37. The van der Waals surface area contributed by atoms with E-state index in [1.54, 1.807) is 24.5 Å². The summed E-state index contributed by atoms with van der Waals surface area (Å²) in [4.78, 5) is 3.85. The second-order valence-electron chi connectivity index (χ2n) is 3.43. The Morgan fingerprint density at radius 3 is 2.24 bits per heavy atom. The minimum Gasteiger partial charge on any atom is -0.265 e. The van der Waals surface area contributed by atoms with Crippen molar-refractivity contribution in [3.63, 3.8) is 0 Å². The molecule has 0 atom stereocenters. The minimum absolute atomic E-state index is 0.572. The van der Waals surface area contributed by atoms with Gasteiger partial charge in [-0.1, -0.05) is 0 Å². The van der Waals surface area contributed by atoms with Gasteiger partial charge in [0.25, 0.3) is 0 Å². The second kappa shape index (κ2) is 4.64. The number of aromatic nitrogens is 1. The molecule has 2 aromatic rings. The van der Waals surface area contributed by atoms with Crippen LogP contribution in [-0.2, 0) is 6.18 Å². The normalized spacial score (nSPS) is 11.5. The van der Waals surface area contributed by atoms with Crippen LogP contribution in [0.4, 0.5) is 13.2 Å². The molecule has 2 rings (SSSR count). The third kappa shape index (κ3) is 2.77. The summed E-state index contributed by atoms with van der Waals surface area (Å²) >= 11 is 2.02. The largest absolute Gasteiger partial charge is 0.416 e. The van der Waals surface area contributed by atoms with Gasteiger partial charge in [0.15, 0.2) is 0 Å². The van der Waals surface area contributed by atoms with E-state index in [2.05, 4.69) is 4.98 Å². The highest BCUT2D eigenvalue weighted by molar-refractivity contribution is 14.1. The lowest BCUT2D eigenvalue weighted by Gasteiger charge is -2.10. The summed E-state index contributed by atoms with van der Waals surface area (Å²) in [6.45, 7) is 0. The van der Waals surface area contributed by atoms with Crippen molar-refractivity contribution >= 4 is 22.6 Å². The number of hydrogen-bond donors (Lipinski definition) is 0. The number of rotatable bonds is 1. The molecule has 1 nitrogen and oxygen atoms in total. The molecule has 0 N–H and O–H groups in total. The van der Waals surface area contributed by atoms with Crippen molar-refractivity contribution in [2.75, 3.05) is 0 Å². The zero-order valence-corrected chi connectivity index (χ0v) is 10.7. The predicted molar refractivity (Wildman–Crippen MR) is 67.4 cm³/mol. The van der Waals surface area contributed by atoms with Crippen molar-refractivity contribution in [1.29, 1.82) is 0 Å². The summed E-state index contributed by atoms with van der Waals surface area (Å²) < 4.78 is 38.6. The molecule has 0 saturated heterocycles. The first-order valence-corrected chi connectivity index (χ1v) is 5.83. The average Bonchev–Trinajstić information content (AvgIpc) is 2.29. The van der Waals surface area contributed by atoms with Gasteiger partial charge in [-0.3, -0.25) is 4.98 Å². The SMILES string of the molecule is FC(F)(F)c1ccc(I)c(-c2ccncc2)c1. The number of pyridine rings is 1. The van der Waals surface area contributed by atoms with Crippen LogP contribution in [0.25, 0.3) is 11.1 Å². The van der Waals surface area contributed by atoms with Crippen LogP contribution >= 0.6 is 22.6 Å². The van der Waals surface area contributed by atoms with Gasteiger partial charge in [-0.2, -0.15) is 13.2 Å². The molecule has 0 spiro atoms. The summed E-state index contributed by atoms with van der Waals surface area (Å²) in [5.74, 6) is 0. The maximum absolute atomic E-state index is 12.6. The van der Waals surface area contributed by atoms with Crippen LogP contribution in [0.5, 0.6) is 0 Å². The lowest BCUT2D eigenvalue weighted by Crippen LogP contribution is -2.05. The lowest BCUT2D eigenvalue weighted by molar-refractivity contribution is -0.137. The molecule has 1 heterocycles. The van der Waals surface area contributed by atoms with Gasteiger partial charge < -0.3 is 0 Å². The third-order valence-corrected chi connectivity index (χ3v) is 3.23. The average molecular weight is 349 g/mol. The van der Waals surface area contributed by atoms with Crippen molar-refractivity contribution in [2.45, 2.75) is 6.18 Å². The number of halogens is 4. The van der Waals surface area contributed by atoms with Gasteiger partial charge in [-0.05, 0) is 64.0 Å². The molecule has 0 aliphatic carbocycles. The standard InChI is InChI=1S/C12H7F3IN/c13-12(14,15)9-1-2-11(16)10(7-9)8-3-5-17-6-4-8/h1-7H. The minimum atomic E-state index is -4.31. The Kier molecular flexibility index (Phi) is 3.37. The van der Waals surface area contributed by atoms with E-state index in [0.717, 1.165) is 21.3 Å². The highest BCUT2D eigenvalue weighted by atomic mass is 127. The van der Waals surface area contributed by atoms with E-state index >= 15 is 0 Å². The number of hydrogen-bond acceptors (Lipinski definition) is 1. The van der Waals surface area contributed by atoms with Crippen molar-refractivity contribution in [3.8, 4) is 11.1 Å². The van der Waals surface area contributed by atoms with Gasteiger partial charge in [0.1, 0.15) is 0 Å². The van der Waals surface area contributed by atoms with E-state index in [1.165, 1.54) is 6.07 Å². The number of nitrogens with zero attached hydrogens (tertiary/aromatic N) is 1. The molecular weight excluding hydrogens is 342 g/mol. The van der Waals surface area contributed by atoms with Crippen molar-refractivity contribution in [1.82, 2.24) is 4.98 Å². The van der Waals surface area contributed by atoms with Crippen LogP contribution in [0.3, 0.4) is 0 Å². The van der Waals surface area contributed by atoms with Crippen LogP contribution < -0.4 is 0 Å². The Morgan fingerprint density at radius 2 is 1.65 bits per heavy atom. The van der Waals surface area contributed by atoms with E-state index in [-0.39, 0.29) is 0 Å². The van der Waals surface area contributed by atoms with Crippen LogP contribution in [0.1, 0.15) is 5.56 Å². The first-order chi connectivity index (χ1) is 7.98. The van der Waals surface area contributed by atoms with Gasteiger partial charge in [-0.25, -0.2) is 0 Å². The summed E-state index contributed by atoms with van der Waals surface area (Å²) in [6, 6.07) is 7.11. The molecule has 88 valence electrons. The Labute approximate surface area is 110 Å². The smallest absolute Gasteiger partial charge is 0.265 e. The molecule has 5 heteroatoms. The molecule has 0 radical (unpaired) electrons. The van der Waals surface area contributed by atoms with Crippen LogP contribution in [0.15, 0.2) is 42.7 Å². The zero-order chi connectivity index (χ0) is 12.5. The molecule has 0 unspecified atom stereocenters. The maximum atomic E-state index is 12.6. The van der Waals surface area contributed by atoms with Crippen molar-refractivity contribution in [2.24, 2.45) is 0 Å². The topological polar surface area (TPSA) is 12.9 Å². The first kappa shape index (κ1) is 12.3. The fraction of sp³-hybridized carbons (Fsp3) is 0.0833. The van der Waals surface area contributed by atoms with Gasteiger partial charge in [-0.15, -0.1) is 0 Å². The second-order valence-corrected chi connectivity index (χ2v) is 4.59. The van der Waals surface area contributed by atoms with Gasteiger partial charge in [0, 0.05) is 16.0 Å². The molecular formula is C12H7F3IN. The molecule has 0 aliphatic heterocycles. The van der Waals surface area contributed by atoms with E-state index < -0.39 is 11.7 Å². The van der Waals surface area contributed by atoms with Crippen LogP contribution in [0.2, 0.25) is 0 Å². The maximum Gasteiger partial charge on any atom is 0.416 e. The van der Waals surface area contributed by atoms with E-state index in [1.807, 2.05) is 22.6 Å².